The number of aromatic amines is 1. The SMILES string of the molecule is Cc1cn([C@H]2C=C[C@@](C#N)(CO)O2)c(=O)[nH]c1=O. The van der Waals surface area contributed by atoms with Crippen LogP contribution in [-0.4, -0.2) is 26.9 Å². The maximum absolute atomic E-state index is 11.6. The van der Waals surface area contributed by atoms with Gasteiger partial charge in [-0.05, 0) is 19.1 Å². The molecule has 0 amide bonds. The summed E-state index contributed by atoms with van der Waals surface area (Å²) in [5.41, 5.74) is -2.18. The summed E-state index contributed by atoms with van der Waals surface area (Å²) in [6, 6.07) is 1.83. The third-order valence-electron chi connectivity index (χ3n) is 2.71. The minimum absolute atomic E-state index is 0.352. The molecule has 0 bridgehead atoms. The molecule has 2 N–H and O–H groups in total. The second kappa shape index (κ2) is 4.25. The molecule has 0 unspecified atom stereocenters. The summed E-state index contributed by atoms with van der Waals surface area (Å²) in [6.07, 6.45) is 3.41. The lowest BCUT2D eigenvalue weighted by Crippen LogP contribution is -2.36. The number of rotatable bonds is 2. The van der Waals surface area contributed by atoms with E-state index < -0.39 is 29.7 Å². The number of nitrogens with one attached hydrogen (secondary N) is 1. The van der Waals surface area contributed by atoms with Crippen LogP contribution in [0.4, 0.5) is 0 Å². The van der Waals surface area contributed by atoms with Gasteiger partial charge in [-0.25, -0.2) is 4.79 Å². The van der Waals surface area contributed by atoms with E-state index >= 15 is 0 Å². The highest BCUT2D eigenvalue weighted by Gasteiger charge is 2.36. The number of aliphatic hydroxyl groups is 1. The summed E-state index contributed by atoms with van der Waals surface area (Å²) >= 11 is 0. The lowest BCUT2D eigenvalue weighted by atomic mass is 10.1. The number of hydrogen-bond donors (Lipinski definition) is 2. The number of ether oxygens (including phenoxy) is 1. The fourth-order valence-corrected chi connectivity index (χ4v) is 1.65. The summed E-state index contributed by atoms with van der Waals surface area (Å²) in [6.45, 7) is 1.05. The number of aromatic nitrogens is 2. The van der Waals surface area contributed by atoms with Crippen molar-refractivity contribution in [2.45, 2.75) is 18.8 Å². The molecule has 0 saturated heterocycles. The summed E-state index contributed by atoms with van der Waals surface area (Å²) < 4.78 is 6.48. The zero-order valence-corrected chi connectivity index (χ0v) is 9.58. The molecule has 7 heteroatoms. The molecule has 0 saturated carbocycles. The van der Waals surface area contributed by atoms with Crippen molar-refractivity contribution in [3.05, 3.63) is 44.8 Å². The largest absolute Gasteiger partial charge is 0.392 e. The zero-order chi connectivity index (χ0) is 13.3. The first-order valence-corrected chi connectivity index (χ1v) is 5.23. The molecule has 7 nitrogen and oxygen atoms in total. The number of hydrogen-bond acceptors (Lipinski definition) is 5. The average Bonchev–Trinajstić information content (AvgIpc) is 2.79. The first kappa shape index (κ1) is 12.3. The molecule has 1 aliphatic heterocycles. The summed E-state index contributed by atoms with van der Waals surface area (Å²) in [4.78, 5) is 25.0. The van der Waals surface area contributed by atoms with Gasteiger partial charge in [0, 0.05) is 11.8 Å². The number of nitrogens with zero attached hydrogens (tertiary/aromatic N) is 2. The number of aryl methyl sites for hydroxylation is 1. The van der Waals surface area contributed by atoms with Crippen molar-refractivity contribution < 1.29 is 9.84 Å². The molecule has 94 valence electrons. The first-order valence-electron chi connectivity index (χ1n) is 5.23. The molecule has 2 rings (SSSR count). The molecule has 0 aromatic carbocycles. The van der Waals surface area contributed by atoms with Gasteiger partial charge in [-0.3, -0.25) is 14.3 Å². The Morgan fingerprint density at radius 1 is 1.67 bits per heavy atom. The molecular weight excluding hydrogens is 238 g/mol. The second-order valence-corrected chi connectivity index (χ2v) is 4.01. The Hall–Kier alpha value is -2.17. The third kappa shape index (κ3) is 1.88. The molecule has 0 aliphatic carbocycles. The zero-order valence-electron chi connectivity index (χ0n) is 9.58. The van der Waals surface area contributed by atoms with Crippen molar-refractivity contribution in [2.75, 3.05) is 6.61 Å². The Morgan fingerprint density at radius 2 is 2.39 bits per heavy atom. The van der Waals surface area contributed by atoms with E-state index in [2.05, 4.69) is 4.98 Å². The molecule has 1 aromatic rings. The minimum Gasteiger partial charge on any atom is -0.392 e. The van der Waals surface area contributed by atoms with E-state index in [9.17, 15) is 9.59 Å². The van der Waals surface area contributed by atoms with Crippen LogP contribution in [0.3, 0.4) is 0 Å². The van der Waals surface area contributed by atoms with Gasteiger partial charge < -0.3 is 9.84 Å². The Balaban J connectivity index is 2.41. The second-order valence-electron chi connectivity index (χ2n) is 4.01. The van der Waals surface area contributed by atoms with Crippen molar-refractivity contribution in [1.29, 1.82) is 5.26 Å². The van der Waals surface area contributed by atoms with E-state index in [0.29, 0.717) is 5.56 Å². The minimum atomic E-state index is -1.44. The van der Waals surface area contributed by atoms with E-state index in [1.165, 1.54) is 18.3 Å². The van der Waals surface area contributed by atoms with Crippen LogP contribution in [0.1, 0.15) is 11.8 Å². The standard InChI is InChI=1S/C11H11N3O4/c1-7-4-14(10(17)13-9(7)16)8-2-3-11(5-12,6-15)18-8/h2-4,8,15H,6H2,1H3,(H,13,16,17)/t8-,11-/m1/s1. The predicted octanol–water partition coefficient (Wildman–Crippen LogP) is -0.815. The smallest absolute Gasteiger partial charge is 0.330 e. The quantitative estimate of drug-likeness (QED) is 0.666. The average molecular weight is 249 g/mol. The van der Waals surface area contributed by atoms with Crippen molar-refractivity contribution in [3.63, 3.8) is 0 Å². The summed E-state index contributed by atoms with van der Waals surface area (Å²) in [5, 5.41) is 18.0. The van der Waals surface area contributed by atoms with E-state index in [-0.39, 0.29) is 0 Å². The molecule has 18 heavy (non-hydrogen) atoms. The molecule has 0 radical (unpaired) electrons. The van der Waals surface area contributed by atoms with E-state index in [0.717, 1.165) is 4.57 Å². The Labute approximate surface area is 102 Å². The van der Waals surface area contributed by atoms with Crippen LogP contribution in [0.5, 0.6) is 0 Å². The molecule has 1 aromatic heterocycles. The van der Waals surface area contributed by atoms with Crippen LogP contribution in [0, 0.1) is 18.3 Å². The van der Waals surface area contributed by atoms with Crippen LogP contribution in [-0.2, 0) is 4.74 Å². The molecule has 0 spiro atoms. The molecule has 2 atom stereocenters. The maximum atomic E-state index is 11.6. The van der Waals surface area contributed by atoms with Gasteiger partial charge in [-0.2, -0.15) is 5.26 Å². The highest BCUT2D eigenvalue weighted by Crippen LogP contribution is 2.27. The normalized spacial score (nSPS) is 26.2. The van der Waals surface area contributed by atoms with Crippen molar-refractivity contribution in [1.82, 2.24) is 9.55 Å². The number of H-pyrrole nitrogens is 1. The van der Waals surface area contributed by atoms with Gasteiger partial charge in [0.15, 0.2) is 11.8 Å². The highest BCUT2D eigenvalue weighted by atomic mass is 16.5. The van der Waals surface area contributed by atoms with Gasteiger partial charge >= 0.3 is 5.69 Å². The van der Waals surface area contributed by atoms with Crippen molar-refractivity contribution >= 4 is 0 Å². The van der Waals surface area contributed by atoms with Gasteiger partial charge in [0.25, 0.3) is 5.56 Å². The molecule has 1 aliphatic rings. The molecular formula is C11H11N3O4. The molecule has 2 heterocycles. The van der Waals surface area contributed by atoms with Crippen LogP contribution >= 0.6 is 0 Å². The Morgan fingerprint density at radius 3 is 2.94 bits per heavy atom. The van der Waals surface area contributed by atoms with Crippen LogP contribution < -0.4 is 11.2 Å². The lowest BCUT2D eigenvalue weighted by Gasteiger charge is -2.20. The Bertz CT molecular complexity index is 651. The third-order valence-corrected chi connectivity index (χ3v) is 2.71. The summed E-state index contributed by atoms with van der Waals surface area (Å²) in [7, 11) is 0. The van der Waals surface area contributed by atoms with Gasteiger partial charge in [0.2, 0.25) is 0 Å². The van der Waals surface area contributed by atoms with Gasteiger partial charge in [0.05, 0.1) is 6.61 Å². The highest BCUT2D eigenvalue weighted by molar-refractivity contribution is 5.22. The maximum Gasteiger partial charge on any atom is 0.330 e. The van der Waals surface area contributed by atoms with Crippen LogP contribution in [0.2, 0.25) is 0 Å². The Kier molecular flexibility index (Phi) is 2.90. The van der Waals surface area contributed by atoms with Crippen LogP contribution in [0.25, 0.3) is 0 Å². The predicted molar refractivity (Wildman–Crippen MR) is 60.8 cm³/mol. The number of aliphatic hydroxyl groups excluding tert-OH is 1. The van der Waals surface area contributed by atoms with Crippen molar-refractivity contribution in [3.8, 4) is 6.07 Å². The van der Waals surface area contributed by atoms with Gasteiger partial charge in [0.1, 0.15) is 6.07 Å². The monoisotopic (exact) mass is 249 g/mol. The van der Waals surface area contributed by atoms with E-state index in [1.807, 2.05) is 6.07 Å². The lowest BCUT2D eigenvalue weighted by molar-refractivity contribution is -0.0515. The van der Waals surface area contributed by atoms with Gasteiger partial charge in [-0.15, -0.1) is 0 Å². The van der Waals surface area contributed by atoms with Gasteiger partial charge in [-0.1, -0.05) is 0 Å². The first-order chi connectivity index (χ1) is 8.51. The van der Waals surface area contributed by atoms with Crippen molar-refractivity contribution in [2.24, 2.45) is 0 Å². The number of nitriles is 1. The van der Waals surface area contributed by atoms with Crippen LogP contribution in [0.15, 0.2) is 27.9 Å². The van der Waals surface area contributed by atoms with E-state index in [1.54, 1.807) is 6.92 Å². The fourth-order valence-electron chi connectivity index (χ4n) is 1.65. The van der Waals surface area contributed by atoms with E-state index in [4.69, 9.17) is 15.1 Å². The fraction of sp³-hybridized carbons (Fsp3) is 0.364. The molecule has 0 fully saturated rings. The topological polar surface area (TPSA) is 108 Å². The summed E-state index contributed by atoms with van der Waals surface area (Å²) in [5.74, 6) is 0.